The van der Waals surface area contributed by atoms with Crippen molar-refractivity contribution in [1.82, 2.24) is 0 Å². The molecule has 1 aromatic rings. The zero-order valence-electron chi connectivity index (χ0n) is 9.74. The summed E-state index contributed by atoms with van der Waals surface area (Å²) >= 11 is 0. The van der Waals surface area contributed by atoms with Gasteiger partial charge in [0.2, 0.25) is 0 Å². The van der Waals surface area contributed by atoms with Gasteiger partial charge in [-0.1, -0.05) is 0 Å². The molecule has 2 atom stereocenters. The lowest BCUT2D eigenvalue weighted by Gasteiger charge is -2.21. The van der Waals surface area contributed by atoms with Crippen molar-refractivity contribution in [3.05, 3.63) is 29.6 Å². The SMILES string of the molecule is CCOC(C)C(O)c1cc(F)ccc1OC. The first-order chi connectivity index (χ1) is 7.60. The van der Waals surface area contributed by atoms with Crippen molar-refractivity contribution in [3.8, 4) is 5.75 Å². The monoisotopic (exact) mass is 228 g/mol. The Morgan fingerprint density at radius 1 is 1.44 bits per heavy atom. The first kappa shape index (κ1) is 12.9. The standard InChI is InChI=1S/C12H17FO3/c1-4-16-8(2)12(14)10-7-9(13)5-6-11(10)15-3/h5-8,12,14H,4H2,1-3H3. The van der Waals surface area contributed by atoms with Crippen LogP contribution in [0.2, 0.25) is 0 Å². The molecule has 1 aromatic carbocycles. The second-order valence-electron chi connectivity index (χ2n) is 3.49. The summed E-state index contributed by atoms with van der Waals surface area (Å²) in [5, 5.41) is 9.98. The summed E-state index contributed by atoms with van der Waals surface area (Å²) in [6.45, 7) is 4.07. The van der Waals surface area contributed by atoms with Crippen LogP contribution < -0.4 is 4.74 Å². The van der Waals surface area contributed by atoms with Crippen LogP contribution in [0.25, 0.3) is 0 Å². The van der Waals surface area contributed by atoms with Crippen molar-refractivity contribution in [2.75, 3.05) is 13.7 Å². The molecule has 0 bridgehead atoms. The smallest absolute Gasteiger partial charge is 0.124 e. The molecule has 16 heavy (non-hydrogen) atoms. The Kier molecular flexibility index (Phi) is 4.71. The summed E-state index contributed by atoms with van der Waals surface area (Å²) in [5.74, 6) is 0.0546. The molecule has 3 nitrogen and oxygen atoms in total. The van der Waals surface area contributed by atoms with Crippen molar-refractivity contribution < 1.29 is 19.0 Å². The van der Waals surface area contributed by atoms with Gasteiger partial charge in [0, 0.05) is 12.2 Å². The van der Waals surface area contributed by atoms with E-state index in [9.17, 15) is 9.50 Å². The van der Waals surface area contributed by atoms with E-state index in [1.165, 1.54) is 25.3 Å². The van der Waals surface area contributed by atoms with Gasteiger partial charge < -0.3 is 14.6 Å². The Morgan fingerprint density at radius 2 is 2.12 bits per heavy atom. The normalized spacial score (nSPS) is 14.6. The second kappa shape index (κ2) is 5.82. The number of aliphatic hydroxyl groups is 1. The van der Waals surface area contributed by atoms with Gasteiger partial charge in [-0.05, 0) is 32.0 Å². The number of methoxy groups -OCH3 is 1. The van der Waals surface area contributed by atoms with Crippen LogP contribution in [-0.4, -0.2) is 24.9 Å². The van der Waals surface area contributed by atoms with Crippen LogP contribution in [0.5, 0.6) is 5.75 Å². The lowest BCUT2D eigenvalue weighted by Crippen LogP contribution is -2.19. The van der Waals surface area contributed by atoms with E-state index in [2.05, 4.69) is 0 Å². The Balaban J connectivity index is 2.96. The van der Waals surface area contributed by atoms with Crippen molar-refractivity contribution in [2.45, 2.75) is 26.1 Å². The number of halogens is 1. The van der Waals surface area contributed by atoms with E-state index in [4.69, 9.17) is 9.47 Å². The van der Waals surface area contributed by atoms with Gasteiger partial charge in [-0.2, -0.15) is 0 Å². The highest BCUT2D eigenvalue weighted by Crippen LogP contribution is 2.29. The van der Waals surface area contributed by atoms with E-state index < -0.39 is 18.0 Å². The quantitative estimate of drug-likeness (QED) is 0.840. The van der Waals surface area contributed by atoms with E-state index in [-0.39, 0.29) is 0 Å². The van der Waals surface area contributed by atoms with E-state index in [0.717, 1.165) is 0 Å². The topological polar surface area (TPSA) is 38.7 Å². The van der Waals surface area contributed by atoms with E-state index >= 15 is 0 Å². The van der Waals surface area contributed by atoms with Gasteiger partial charge >= 0.3 is 0 Å². The molecule has 1 N–H and O–H groups in total. The van der Waals surface area contributed by atoms with Crippen molar-refractivity contribution in [3.63, 3.8) is 0 Å². The van der Waals surface area contributed by atoms with Crippen LogP contribution in [0, 0.1) is 5.82 Å². The average Bonchev–Trinajstić information content (AvgIpc) is 2.28. The summed E-state index contributed by atoms with van der Waals surface area (Å²) < 4.78 is 23.4. The molecule has 0 aliphatic carbocycles. The first-order valence-electron chi connectivity index (χ1n) is 5.23. The molecule has 0 fully saturated rings. The molecule has 0 heterocycles. The molecular formula is C12H17FO3. The highest BCUT2D eigenvalue weighted by molar-refractivity contribution is 5.36. The van der Waals surface area contributed by atoms with Gasteiger partial charge in [0.05, 0.1) is 13.2 Å². The largest absolute Gasteiger partial charge is 0.496 e. The van der Waals surface area contributed by atoms with Crippen LogP contribution in [-0.2, 0) is 4.74 Å². The Hall–Kier alpha value is -1.13. The molecular weight excluding hydrogens is 211 g/mol. The molecule has 0 spiro atoms. The minimum Gasteiger partial charge on any atom is -0.496 e. The second-order valence-corrected chi connectivity index (χ2v) is 3.49. The summed E-state index contributed by atoms with van der Waals surface area (Å²) in [6, 6.07) is 4.05. The molecule has 0 amide bonds. The molecule has 0 aliphatic heterocycles. The van der Waals surface area contributed by atoms with E-state index in [1.54, 1.807) is 6.92 Å². The maximum Gasteiger partial charge on any atom is 0.124 e. The van der Waals surface area contributed by atoms with Gasteiger partial charge in [-0.25, -0.2) is 4.39 Å². The molecule has 90 valence electrons. The molecule has 2 unspecified atom stereocenters. The predicted octanol–water partition coefficient (Wildman–Crippen LogP) is 2.29. The summed E-state index contributed by atoms with van der Waals surface area (Å²) in [4.78, 5) is 0. The maximum atomic E-state index is 13.1. The summed E-state index contributed by atoms with van der Waals surface area (Å²) in [5.41, 5.74) is 0.406. The van der Waals surface area contributed by atoms with Crippen molar-refractivity contribution >= 4 is 0 Å². The van der Waals surface area contributed by atoms with Crippen LogP contribution in [0.3, 0.4) is 0 Å². The molecule has 0 aliphatic rings. The molecule has 4 heteroatoms. The third-order valence-electron chi connectivity index (χ3n) is 2.38. The maximum absolute atomic E-state index is 13.1. The lowest BCUT2D eigenvalue weighted by atomic mass is 10.0. The minimum absolute atomic E-state index is 0.402. The van der Waals surface area contributed by atoms with Gasteiger partial charge in [0.1, 0.15) is 17.7 Å². The van der Waals surface area contributed by atoms with E-state index in [1.807, 2.05) is 6.92 Å². The van der Waals surface area contributed by atoms with Gasteiger partial charge in [-0.15, -0.1) is 0 Å². The highest BCUT2D eigenvalue weighted by Gasteiger charge is 2.20. The van der Waals surface area contributed by atoms with Crippen molar-refractivity contribution in [1.29, 1.82) is 0 Å². The Labute approximate surface area is 94.8 Å². The molecule has 1 rings (SSSR count). The van der Waals surface area contributed by atoms with E-state index in [0.29, 0.717) is 17.9 Å². The number of aliphatic hydroxyl groups excluding tert-OH is 1. The minimum atomic E-state index is -0.898. The first-order valence-corrected chi connectivity index (χ1v) is 5.23. The lowest BCUT2D eigenvalue weighted by molar-refractivity contribution is -0.0237. The zero-order chi connectivity index (χ0) is 12.1. The molecule has 0 radical (unpaired) electrons. The van der Waals surface area contributed by atoms with Crippen LogP contribution in [0.4, 0.5) is 4.39 Å². The number of rotatable bonds is 5. The molecule has 0 saturated heterocycles. The highest BCUT2D eigenvalue weighted by atomic mass is 19.1. The van der Waals surface area contributed by atoms with Crippen LogP contribution >= 0.6 is 0 Å². The number of hydrogen-bond donors (Lipinski definition) is 1. The number of hydrogen-bond acceptors (Lipinski definition) is 3. The third kappa shape index (κ3) is 2.93. The van der Waals surface area contributed by atoms with Gasteiger partial charge in [0.25, 0.3) is 0 Å². The summed E-state index contributed by atoms with van der Waals surface area (Å²) in [6.07, 6.45) is -1.30. The number of benzene rings is 1. The summed E-state index contributed by atoms with van der Waals surface area (Å²) in [7, 11) is 1.48. The zero-order valence-corrected chi connectivity index (χ0v) is 9.74. The third-order valence-corrected chi connectivity index (χ3v) is 2.38. The average molecular weight is 228 g/mol. The molecule has 0 saturated carbocycles. The Morgan fingerprint density at radius 3 is 2.69 bits per heavy atom. The number of ether oxygens (including phenoxy) is 2. The van der Waals surface area contributed by atoms with Gasteiger partial charge in [-0.3, -0.25) is 0 Å². The van der Waals surface area contributed by atoms with Crippen LogP contribution in [0.1, 0.15) is 25.5 Å². The van der Waals surface area contributed by atoms with Crippen LogP contribution in [0.15, 0.2) is 18.2 Å². The van der Waals surface area contributed by atoms with Gasteiger partial charge in [0.15, 0.2) is 0 Å². The fourth-order valence-corrected chi connectivity index (χ4v) is 1.54. The van der Waals surface area contributed by atoms with Crippen molar-refractivity contribution in [2.24, 2.45) is 0 Å². The fourth-order valence-electron chi connectivity index (χ4n) is 1.54. The Bertz CT molecular complexity index is 341. The fraction of sp³-hybridized carbons (Fsp3) is 0.500. The predicted molar refractivity (Wildman–Crippen MR) is 59.0 cm³/mol. The molecule has 0 aromatic heterocycles.